The zero-order chi connectivity index (χ0) is 9.26. The van der Waals surface area contributed by atoms with Crippen LogP contribution >= 0.6 is 0 Å². The van der Waals surface area contributed by atoms with Crippen molar-refractivity contribution in [3.05, 3.63) is 39.5 Å². The quantitative estimate of drug-likeness (QED) is 0.652. The average molecular weight is 176 g/mol. The van der Waals surface area contributed by atoms with Gasteiger partial charge in [-0.2, -0.15) is 0 Å². The van der Waals surface area contributed by atoms with Crippen molar-refractivity contribution in [2.45, 2.75) is 25.7 Å². The topological polar surface area (TPSA) is 37.3 Å². The van der Waals surface area contributed by atoms with Crippen molar-refractivity contribution < 1.29 is 5.11 Å². The van der Waals surface area contributed by atoms with Crippen LogP contribution in [0.4, 0.5) is 0 Å². The molecule has 1 aliphatic carbocycles. The van der Waals surface area contributed by atoms with Gasteiger partial charge >= 0.3 is 0 Å². The number of hydrogen-bond donors (Lipinski definition) is 1. The van der Waals surface area contributed by atoms with Gasteiger partial charge in [-0.25, -0.2) is 0 Å². The normalized spacial score (nSPS) is 15.1. The monoisotopic (exact) mass is 176 g/mol. The first-order valence-corrected chi connectivity index (χ1v) is 4.62. The molecule has 0 aliphatic heterocycles. The second-order valence-corrected chi connectivity index (χ2v) is 3.48. The number of fused-ring (bicyclic) bond motifs is 1. The van der Waals surface area contributed by atoms with Crippen molar-refractivity contribution in [1.29, 1.82) is 0 Å². The Morgan fingerprint density at radius 1 is 1.15 bits per heavy atom. The van der Waals surface area contributed by atoms with Gasteiger partial charge in [0.15, 0.2) is 5.43 Å². The van der Waals surface area contributed by atoms with Gasteiger partial charge in [-0.05, 0) is 42.9 Å². The number of rotatable bonds is 0. The molecule has 2 heteroatoms. The third-order valence-electron chi connectivity index (χ3n) is 2.55. The number of aromatic hydroxyl groups is 1. The van der Waals surface area contributed by atoms with Gasteiger partial charge in [0, 0.05) is 6.07 Å². The Labute approximate surface area is 76.9 Å². The Hall–Kier alpha value is -1.31. The summed E-state index contributed by atoms with van der Waals surface area (Å²) in [7, 11) is 0. The summed E-state index contributed by atoms with van der Waals surface area (Å²) in [5.74, 6) is 0.171. The zero-order valence-electron chi connectivity index (χ0n) is 7.42. The fourth-order valence-electron chi connectivity index (χ4n) is 1.86. The van der Waals surface area contributed by atoms with E-state index in [9.17, 15) is 9.90 Å². The van der Waals surface area contributed by atoms with Crippen LogP contribution in [0, 0.1) is 0 Å². The SMILES string of the molecule is O=c1ccc2c(c(O)c1)CCCC2. The molecule has 0 saturated heterocycles. The van der Waals surface area contributed by atoms with Crippen molar-refractivity contribution in [2.24, 2.45) is 0 Å². The van der Waals surface area contributed by atoms with Crippen molar-refractivity contribution >= 4 is 0 Å². The first-order valence-electron chi connectivity index (χ1n) is 4.62. The molecule has 1 aliphatic rings. The van der Waals surface area contributed by atoms with E-state index in [2.05, 4.69) is 0 Å². The minimum Gasteiger partial charge on any atom is -0.508 e. The maximum atomic E-state index is 11.1. The molecule has 0 bridgehead atoms. The highest BCUT2D eigenvalue weighted by molar-refractivity contribution is 5.39. The van der Waals surface area contributed by atoms with Gasteiger partial charge in [-0.1, -0.05) is 6.07 Å². The molecule has 0 aromatic heterocycles. The van der Waals surface area contributed by atoms with Crippen molar-refractivity contribution in [3.8, 4) is 5.75 Å². The molecule has 0 atom stereocenters. The van der Waals surface area contributed by atoms with Crippen LogP contribution in [-0.4, -0.2) is 5.11 Å². The summed E-state index contributed by atoms with van der Waals surface area (Å²) in [6, 6.07) is 4.69. The molecule has 1 N–H and O–H groups in total. The van der Waals surface area contributed by atoms with Crippen LogP contribution in [0.5, 0.6) is 5.75 Å². The Morgan fingerprint density at radius 2 is 1.92 bits per heavy atom. The van der Waals surface area contributed by atoms with E-state index in [1.165, 1.54) is 12.1 Å². The summed E-state index contributed by atoms with van der Waals surface area (Å²) >= 11 is 0. The fraction of sp³-hybridized carbons (Fsp3) is 0.364. The van der Waals surface area contributed by atoms with Crippen LogP contribution in [0.3, 0.4) is 0 Å². The Balaban J connectivity index is 2.67. The Kier molecular flexibility index (Phi) is 2.05. The van der Waals surface area contributed by atoms with Gasteiger partial charge in [-0.15, -0.1) is 0 Å². The lowest BCUT2D eigenvalue weighted by Gasteiger charge is -2.13. The zero-order valence-corrected chi connectivity index (χ0v) is 7.42. The molecule has 1 aromatic rings. The van der Waals surface area contributed by atoms with E-state index < -0.39 is 0 Å². The van der Waals surface area contributed by atoms with Gasteiger partial charge in [0.2, 0.25) is 0 Å². The molecule has 0 fully saturated rings. The van der Waals surface area contributed by atoms with Gasteiger partial charge in [-0.3, -0.25) is 4.79 Å². The summed E-state index contributed by atoms with van der Waals surface area (Å²) in [6.45, 7) is 0. The summed E-state index contributed by atoms with van der Waals surface area (Å²) in [5, 5.41) is 9.60. The lowest BCUT2D eigenvalue weighted by Crippen LogP contribution is -2.00. The predicted octanol–water partition coefficient (Wildman–Crippen LogP) is 1.63. The third-order valence-corrected chi connectivity index (χ3v) is 2.55. The Morgan fingerprint density at radius 3 is 2.77 bits per heavy atom. The average Bonchev–Trinajstić information content (AvgIpc) is 2.27. The highest BCUT2D eigenvalue weighted by Crippen LogP contribution is 2.26. The number of hydrogen-bond acceptors (Lipinski definition) is 2. The molecule has 1 aromatic carbocycles. The summed E-state index contributed by atoms with van der Waals surface area (Å²) in [5.41, 5.74) is 1.98. The maximum Gasteiger partial charge on any atom is 0.182 e. The molecule has 0 amide bonds. The van der Waals surface area contributed by atoms with E-state index in [-0.39, 0.29) is 11.2 Å². The van der Waals surface area contributed by atoms with Crippen LogP contribution < -0.4 is 5.43 Å². The fourth-order valence-corrected chi connectivity index (χ4v) is 1.86. The first kappa shape index (κ1) is 8.30. The predicted molar refractivity (Wildman–Crippen MR) is 51.0 cm³/mol. The Bertz CT molecular complexity index is 382. The summed E-state index contributed by atoms with van der Waals surface area (Å²) < 4.78 is 0. The second-order valence-electron chi connectivity index (χ2n) is 3.48. The van der Waals surface area contributed by atoms with Crippen LogP contribution in [0.25, 0.3) is 0 Å². The van der Waals surface area contributed by atoms with Gasteiger partial charge in [0.25, 0.3) is 0 Å². The minimum absolute atomic E-state index is 0.119. The summed E-state index contributed by atoms with van der Waals surface area (Å²) in [6.07, 6.45) is 4.15. The number of aryl methyl sites for hydroxylation is 1. The van der Waals surface area contributed by atoms with Crippen LogP contribution in [0.15, 0.2) is 23.0 Å². The molecule has 0 heterocycles. The summed E-state index contributed by atoms with van der Waals surface area (Å²) in [4.78, 5) is 11.1. The van der Waals surface area contributed by atoms with Crippen LogP contribution in [-0.2, 0) is 12.8 Å². The van der Waals surface area contributed by atoms with Crippen LogP contribution in [0.2, 0.25) is 0 Å². The second kappa shape index (κ2) is 3.21. The lowest BCUT2D eigenvalue weighted by atomic mass is 9.93. The maximum absolute atomic E-state index is 11.1. The van der Waals surface area contributed by atoms with Crippen LogP contribution in [0.1, 0.15) is 24.0 Å². The smallest absolute Gasteiger partial charge is 0.182 e. The van der Waals surface area contributed by atoms with E-state index >= 15 is 0 Å². The van der Waals surface area contributed by atoms with E-state index in [4.69, 9.17) is 0 Å². The van der Waals surface area contributed by atoms with E-state index in [1.807, 2.05) is 6.07 Å². The largest absolute Gasteiger partial charge is 0.508 e. The first-order chi connectivity index (χ1) is 6.27. The highest BCUT2D eigenvalue weighted by Gasteiger charge is 2.11. The van der Waals surface area contributed by atoms with Gasteiger partial charge in [0.1, 0.15) is 5.75 Å². The molecule has 0 radical (unpaired) electrons. The van der Waals surface area contributed by atoms with Crippen molar-refractivity contribution in [3.63, 3.8) is 0 Å². The van der Waals surface area contributed by atoms with Crippen molar-refractivity contribution in [1.82, 2.24) is 0 Å². The standard InChI is InChI=1S/C11H12O2/c12-9-6-5-8-3-1-2-4-10(8)11(13)7-9/h5-7,13H,1-4H2. The molecule has 2 nitrogen and oxygen atoms in total. The van der Waals surface area contributed by atoms with Gasteiger partial charge < -0.3 is 5.11 Å². The van der Waals surface area contributed by atoms with Gasteiger partial charge in [0.05, 0.1) is 0 Å². The molecule has 2 rings (SSSR count). The molecule has 0 saturated carbocycles. The van der Waals surface area contributed by atoms with Crippen molar-refractivity contribution in [2.75, 3.05) is 0 Å². The molecular formula is C11H12O2. The molecule has 0 unspecified atom stereocenters. The molecule has 68 valence electrons. The molecule has 13 heavy (non-hydrogen) atoms. The lowest BCUT2D eigenvalue weighted by molar-refractivity contribution is 0.463. The molecule has 0 spiro atoms. The van der Waals surface area contributed by atoms with E-state index in [1.54, 1.807) is 0 Å². The minimum atomic E-state index is -0.119. The van der Waals surface area contributed by atoms with E-state index in [0.29, 0.717) is 0 Å². The highest BCUT2D eigenvalue weighted by atomic mass is 16.3. The van der Waals surface area contributed by atoms with E-state index in [0.717, 1.165) is 36.8 Å². The molecular weight excluding hydrogens is 164 g/mol. The third kappa shape index (κ3) is 1.57.